The van der Waals surface area contributed by atoms with Crippen LogP contribution in [0.5, 0.6) is 0 Å². The molecule has 0 aliphatic carbocycles. The van der Waals surface area contributed by atoms with E-state index in [2.05, 4.69) is 15.0 Å². The minimum atomic E-state index is -1.11. The third-order valence-corrected chi connectivity index (χ3v) is 2.58. The van der Waals surface area contributed by atoms with E-state index in [1.807, 2.05) is 5.32 Å². The zero-order valence-corrected chi connectivity index (χ0v) is 11.8. The lowest BCUT2D eigenvalue weighted by molar-refractivity contribution is -0.754. The van der Waals surface area contributed by atoms with E-state index >= 15 is 0 Å². The molecule has 1 amide bonds. The number of carbonyl (C=O) groups excluding carboxylic acids is 1. The molecule has 0 saturated heterocycles. The maximum Gasteiger partial charge on any atom is 0.295 e. The molecular formula is C10H9Cl2N5O4. The molecule has 0 heterocycles. The van der Waals surface area contributed by atoms with E-state index < -0.39 is 17.6 Å². The largest absolute Gasteiger partial charge is 0.368 e. The van der Waals surface area contributed by atoms with Crippen molar-refractivity contribution < 1.29 is 14.7 Å². The minimum Gasteiger partial charge on any atom is -0.368 e. The van der Waals surface area contributed by atoms with Gasteiger partial charge in [0.25, 0.3) is 11.0 Å². The average Bonchev–Trinajstić information content (AvgIpc) is 2.40. The normalized spacial score (nSPS) is 11.4. The van der Waals surface area contributed by atoms with Crippen molar-refractivity contribution in [3.63, 3.8) is 0 Å². The smallest absolute Gasteiger partial charge is 0.295 e. The van der Waals surface area contributed by atoms with E-state index in [1.165, 1.54) is 6.21 Å². The number of amides is 1. The van der Waals surface area contributed by atoms with Crippen LogP contribution in [0.3, 0.4) is 0 Å². The molecule has 0 fully saturated rings. The molecular weight excluding hydrogens is 325 g/mol. The van der Waals surface area contributed by atoms with E-state index in [9.17, 15) is 14.9 Å². The summed E-state index contributed by atoms with van der Waals surface area (Å²) in [7, 11) is 0. The highest BCUT2D eigenvalue weighted by Gasteiger charge is 2.06. The van der Waals surface area contributed by atoms with Gasteiger partial charge in [0.2, 0.25) is 5.96 Å². The lowest BCUT2D eigenvalue weighted by atomic mass is 10.2. The molecule has 0 atom stereocenters. The Balaban J connectivity index is 2.61. The van der Waals surface area contributed by atoms with Crippen LogP contribution >= 0.6 is 23.2 Å². The minimum absolute atomic E-state index is 0.364. The molecule has 9 nitrogen and oxygen atoms in total. The third-order valence-electron chi connectivity index (χ3n) is 1.92. The van der Waals surface area contributed by atoms with Crippen LogP contribution in [-0.2, 0) is 9.63 Å². The van der Waals surface area contributed by atoms with Crippen molar-refractivity contribution in [2.24, 2.45) is 15.9 Å². The molecule has 21 heavy (non-hydrogen) atoms. The van der Waals surface area contributed by atoms with Gasteiger partial charge in [-0.3, -0.25) is 10.1 Å². The van der Waals surface area contributed by atoms with Gasteiger partial charge in [-0.05, 0) is 12.1 Å². The Bertz CT molecular complexity index is 585. The molecule has 3 N–H and O–H groups in total. The fraction of sp³-hybridized carbons (Fsp3) is 0.100. The molecule has 0 saturated carbocycles. The van der Waals surface area contributed by atoms with Crippen LogP contribution in [0.4, 0.5) is 0 Å². The van der Waals surface area contributed by atoms with Crippen LogP contribution in [0.2, 0.25) is 10.0 Å². The van der Waals surface area contributed by atoms with Gasteiger partial charge >= 0.3 is 0 Å². The molecule has 1 aromatic carbocycles. The van der Waals surface area contributed by atoms with Crippen LogP contribution in [-0.4, -0.2) is 29.8 Å². The topological polar surface area (TPSA) is 132 Å². The number of guanidine groups is 1. The Morgan fingerprint density at radius 3 is 2.67 bits per heavy atom. The molecule has 0 aliphatic rings. The van der Waals surface area contributed by atoms with Gasteiger partial charge in [-0.1, -0.05) is 29.3 Å². The van der Waals surface area contributed by atoms with E-state index in [1.54, 1.807) is 18.2 Å². The molecule has 0 spiro atoms. The lowest BCUT2D eigenvalue weighted by Gasteiger charge is -2.01. The molecule has 1 rings (SSSR count). The summed E-state index contributed by atoms with van der Waals surface area (Å²) in [6.07, 6.45) is 1.25. The highest BCUT2D eigenvalue weighted by Crippen LogP contribution is 2.22. The van der Waals surface area contributed by atoms with Gasteiger partial charge in [0, 0.05) is 5.56 Å². The van der Waals surface area contributed by atoms with Crippen molar-refractivity contribution in [1.82, 2.24) is 5.32 Å². The van der Waals surface area contributed by atoms with Crippen molar-refractivity contribution in [2.45, 2.75) is 0 Å². The second-order valence-electron chi connectivity index (χ2n) is 3.41. The van der Waals surface area contributed by atoms with Gasteiger partial charge in [-0.2, -0.15) is 5.10 Å². The number of nitrogens with one attached hydrogen (secondary N) is 1. The van der Waals surface area contributed by atoms with Gasteiger partial charge in [0.15, 0.2) is 6.61 Å². The SMILES string of the molecule is N/C(=N\N=C\c1c(Cl)cccc1Cl)NC(=O)CO[N+](=O)[O-]. The Kier molecular flexibility index (Phi) is 6.37. The number of rotatable bonds is 5. The van der Waals surface area contributed by atoms with Crippen LogP contribution in [0, 0.1) is 10.1 Å². The summed E-state index contributed by atoms with van der Waals surface area (Å²) in [5.74, 6) is -1.22. The first-order valence-corrected chi connectivity index (χ1v) is 6.03. The highest BCUT2D eigenvalue weighted by molar-refractivity contribution is 6.38. The first kappa shape index (κ1) is 16.7. The van der Waals surface area contributed by atoms with Gasteiger partial charge in [-0.15, -0.1) is 15.2 Å². The monoisotopic (exact) mass is 333 g/mol. The van der Waals surface area contributed by atoms with Crippen molar-refractivity contribution in [1.29, 1.82) is 0 Å². The maximum absolute atomic E-state index is 11.1. The average molecular weight is 334 g/mol. The molecule has 0 aromatic heterocycles. The Morgan fingerprint density at radius 2 is 2.10 bits per heavy atom. The van der Waals surface area contributed by atoms with Crippen molar-refractivity contribution in [3.8, 4) is 0 Å². The van der Waals surface area contributed by atoms with Gasteiger partial charge in [0.05, 0.1) is 16.3 Å². The number of benzene rings is 1. The molecule has 11 heteroatoms. The van der Waals surface area contributed by atoms with Crippen LogP contribution in [0.15, 0.2) is 28.4 Å². The molecule has 0 radical (unpaired) electrons. The van der Waals surface area contributed by atoms with E-state index in [0.29, 0.717) is 15.6 Å². The number of hydrogen-bond donors (Lipinski definition) is 2. The second kappa shape index (κ2) is 8.02. The Labute approximate surface area is 128 Å². The van der Waals surface area contributed by atoms with Gasteiger partial charge in [0.1, 0.15) is 0 Å². The first-order chi connectivity index (χ1) is 9.90. The summed E-state index contributed by atoms with van der Waals surface area (Å²) in [5, 5.41) is 18.6. The number of carbonyl (C=O) groups is 1. The second-order valence-corrected chi connectivity index (χ2v) is 4.22. The van der Waals surface area contributed by atoms with Gasteiger partial charge in [-0.25, -0.2) is 0 Å². The van der Waals surface area contributed by atoms with E-state index in [-0.39, 0.29) is 5.96 Å². The fourth-order valence-corrected chi connectivity index (χ4v) is 1.59. The number of hydrogen-bond acceptors (Lipinski definition) is 6. The predicted octanol–water partition coefficient (Wildman–Crippen LogP) is 0.966. The zero-order valence-electron chi connectivity index (χ0n) is 10.3. The fourth-order valence-electron chi connectivity index (χ4n) is 1.10. The molecule has 112 valence electrons. The van der Waals surface area contributed by atoms with Crippen LogP contribution < -0.4 is 11.1 Å². The molecule has 0 bridgehead atoms. The van der Waals surface area contributed by atoms with E-state index in [4.69, 9.17) is 28.9 Å². The van der Waals surface area contributed by atoms with Crippen LogP contribution in [0.1, 0.15) is 5.56 Å². The summed E-state index contributed by atoms with van der Waals surface area (Å²) in [6, 6.07) is 4.88. The van der Waals surface area contributed by atoms with Crippen molar-refractivity contribution >= 4 is 41.3 Å². The Hall–Kier alpha value is -2.39. The number of halogens is 2. The maximum atomic E-state index is 11.1. The first-order valence-electron chi connectivity index (χ1n) is 5.28. The van der Waals surface area contributed by atoms with Crippen molar-refractivity contribution in [3.05, 3.63) is 43.9 Å². The summed E-state index contributed by atoms with van der Waals surface area (Å²) >= 11 is 11.8. The number of nitrogens with zero attached hydrogens (tertiary/aromatic N) is 3. The summed E-state index contributed by atoms with van der Waals surface area (Å²) in [4.78, 5) is 24.8. The van der Waals surface area contributed by atoms with Crippen molar-refractivity contribution in [2.75, 3.05) is 6.61 Å². The van der Waals surface area contributed by atoms with Gasteiger partial charge < -0.3 is 10.6 Å². The molecule has 0 aliphatic heterocycles. The number of nitrogens with two attached hydrogens (primary N) is 1. The molecule has 1 aromatic rings. The molecule has 0 unspecified atom stereocenters. The third kappa shape index (κ3) is 6.06. The lowest BCUT2D eigenvalue weighted by Crippen LogP contribution is -2.39. The summed E-state index contributed by atoms with van der Waals surface area (Å²) in [6.45, 7) is -0.802. The predicted molar refractivity (Wildman–Crippen MR) is 76.8 cm³/mol. The van der Waals surface area contributed by atoms with E-state index in [0.717, 1.165) is 0 Å². The zero-order chi connectivity index (χ0) is 15.8. The van der Waals surface area contributed by atoms with Crippen LogP contribution in [0.25, 0.3) is 0 Å². The summed E-state index contributed by atoms with van der Waals surface area (Å²) < 4.78 is 0. The highest BCUT2D eigenvalue weighted by atomic mass is 35.5. The quantitative estimate of drug-likeness (QED) is 0.358. The summed E-state index contributed by atoms with van der Waals surface area (Å²) in [5.41, 5.74) is 5.77. The standard InChI is InChI=1S/C10H9Cl2N5O4/c11-7-2-1-3-8(12)6(7)4-14-16-10(13)15-9(18)5-21-17(19)20/h1-4H,5H2,(H3,13,15,16,18)/b14-4+. The Morgan fingerprint density at radius 1 is 1.48 bits per heavy atom.